The number of hydrogen-bond acceptors (Lipinski definition) is 4. The molecule has 0 fully saturated rings. The van der Waals surface area contributed by atoms with Crippen molar-refractivity contribution >= 4 is 16.9 Å². The molecule has 2 aromatic rings. The van der Waals surface area contributed by atoms with E-state index in [1.165, 1.54) is 20.3 Å². The van der Waals surface area contributed by atoms with E-state index in [9.17, 15) is 9.18 Å². The van der Waals surface area contributed by atoms with E-state index in [0.717, 1.165) is 6.07 Å². The molecule has 0 radical (unpaired) electrons. The lowest BCUT2D eigenvalue weighted by Gasteiger charge is -2.09. The van der Waals surface area contributed by atoms with Crippen LogP contribution in [0.5, 0.6) is 5.75 Å². The number of pyridine rings is 1. The van der Waals surface area contributed by atoms with Crippen molar-refractivity contribution in [1.82, 2.24) is 4.98 Å². The van der Waals surface area contributed by atoms with Crippen molar-refractivity contribution in [2.24, 2.45) is 0 Å². The van der Waals surface area contributed by atoms with Crippen LogP contribution in [0, 0.1) is 12.7 Å². The number of fused-ring (bicyclic) bond motifs is 1. The minimum atomic E-state index is -0.625. The van der Waals surface area contributed by atoms with Crippen LogP contribution in [0.2, 0.25) is 0 Å². The van der Waals surface area contributed by atoms with Gasteiger partial charge in [-0.1, -0.05) is 0 Å². The minimum absolute atomic E-state index is 0.0921. The fourth-order valence-electron chi connectivity index (χ4n) is 1.82. The molecule has 0 aliphatic rings. The summed E-state index contributed by atoms with van der Waals surface area (Å²) in [5.41, 5.74) is 1.14. The van der Waals surface area contributed by atoms with Crippen molar-refractivity contribution < 1.29 is 18.7 Å². The number of carbonyl (C=O) groups is 1. The number of rotatable bonds is 2. The molecular weight excluding hydrogens is 237 g/mol. The van der Waals surface area contributed by atoms with Gasteiger partial charge in [-0.15, -0.1) is 0 Å². The summed E-state index contributed by atoms with van der Waals surface area (Å²) in [5, 5.41) is 0.448. The van der Waals surface area contributed by atoms with Crippen molar-refractivity contribution in [3.05, 3.63) is 35.3 Å². The molecule has 0 spiro atoms. The normalized spacial score (nSPS) is 10.4. The van der Waals surface area contributed by atoms with Gasteiger partial charge in [0.15, 0.2) is 0 Å². The highest BCUT2D eigenvalue weighted by Crippen LogP contribution is 2.28. The second-order valence-electron chi connectivity index (χ2n) is 3.81. The Morgan fingerprint density at radius 3 is 2.61 bits per heavy atom. The molecule has 94 valence electrons. The Bertz CT molecular complexity index is 625. The van der Waals surface area contributed by atoms with Gasteiger partial charge in [0.1, 0.15) is 11.6 Å². The molecule has 0 atom stereocenters. The van der Waals surface area contributed by atoms with Crippen LogP contribution in [0.25, 0.3) is 10.9 Å². The first kappa shape index (κ1) is 12.3. The first-order valence-corrected chi connectivity index (χ1v) is 5.30. The van der Waals surface area contributed by atoms with E-state index in [-0.39, 0.29) is 5.56 Å². The van der Waals surface area contributed by atoms with E-state index in [0.29, 0.717) is 22.3 Å². The maximum atomic E-state index is 13.5. The summed E-state index contributed by atoms with van der Waals surface area (Å²) in [4.78, 5) is 15.9. The summed E-state index contributed by atoms with van der Waals surface area (Å²) in [6.07, 6.45) is 0. The molecule has 1 aromatic heterocycles. The first-order valence-electron chi connectivity index (χ1n) is 5.30. The summed E-state index contributed by atoms with van der Waals surface area (Å²) in [6, 6.07) is 4.08. The van der Waals surface area contributed by atoms with Crippen molar-refractivity contribution in [1.29, 1.82) is 0 Å². The highest BCUT2D eigenvalue weighted by molar-refractivity contribution is 6.04. The summed E-state index contributed by atoms with van der Waals surface area (Å²) in [5.74, 6) is -0.686. The Labute approximate surface area is 103 Å². The number of aryl methyl sites for hydroxylation is 1. The lowest BCUT2D eigenvalue weighted by atomic mass is 10.1. The molecule has 0 aliphatic carbocycles. The van der Waals surface area contributed by atoms with Crippen LogP contribution < -0.4 is 4.74 Å². The van der Waals surface area contributed by atoms with Crippen molar-refractivity contribution in [2.45, 2.75) is 6.92 Å². The molecular formula is C13H12FNO3. The van der Waals surface area contributed by atoms with Crippen molar-refractivity contribution in [2.75, 3.05) is 14.2 Å². The second-order valence-corrected chi connectivity index (χ2v) is 3.81. The minimum Gasteiger partial charge on any atom is -0.496 e. The van der Waals surface area contributed by atoms with Gasteiger partial charge in [-0.05, 0) is 19.1 Å². The molecule has 4 nitrogen and oxygen atoms in total. The number of hydrogen-bond donors (Lipinski definition) is 0. The number of aromatic nitrogens is 1. The number of halogens is 1. The average Bonchev–Trinajstić information content (AvgIpc) is 2.36. The molecule has 5 heteroatoms. The molecule has 2 rings (SSSR count). The zero-order valence-corrected chi connectivity index (χ0v) is 10.3. The van der Waals surface area contributed by atoms with Crippen LogP contribution >= 0.6 is 0 Å². The van der Waals surface area contributed by atoms with Crippen LogP contribution in [-0.4, -0.2) is 25.2 Å². The predicted octanol–water partition coefficient (Wildman–Crippen LogP) is 2.48. The standard InChI is InChI=1S/C13H12FNO3/c1-7-4-11(17-2)9-5-8(14)6-10(12(9)15-7)13(16)18-3/h4-6H,1-3H3. The molecule has 0 unspecified atom stereocenters. The van der Waals surface area contributed by atoms with Gasteiger partial charge in [-0.25, -0.2) is 9.18 Å². The third-order valence-corrected chi connectivity index (χ3v) is 2.59. The maximum absolute atomic E-state index is 13.5. The lowest BCUT2D eigenvalue weighted by Crippen LogP contribution is -2.05. The Hall–Kier alpha value is -2.17. The lowest BCUT2D eigenvalue weighted by molar-refractivity contribution is 0.0602. The molecule has 0 aliphatic heterocycles. The molecule has 0 bridgehead atoms. The monoisotopic (exact) mass is 249 g/mol. The number of carbonyl (C=O) groups excluding carboxylic acids is 1. The van der Waals surface area contributed by atoms with Gasteiger partial charge in [-0.3, -0.25) is 4.98 Å². The van der Waals surface area contributed by atoms with Crippen LogP contribution in [0.4, 0.5) is 4.39 Å². The average molecular weight is 249 g/mol. The van der Waals surface area contributed by atoms with Gasteiger partial charge in [0.2, 0.25) is 0 Å². The van der Waals surface area contributed by atoms with E-state index >= 15 is 0 Å². The maximum Gasteiger partial charge on any atom is 0.340 e. The number of esters is 1. The van der Waals surface area contributed by atoms with E-state index in [4.69, 9.17) is 4.74 Å². The quantitative estimate of drug-likeness (QED) is 0.767. The highest BCUT2D eigenvalue weighted by atomic mass is 19.1. The van der Waals surface area contributed by atoms with E-state index in [1.807, 2.05) is 0 Å². The predicted molar refractivity (Wildman–Crippen MR) is 64.3 cm³/mol. The Kier molecular flexibility index (Phi) is 3.14. The molecule has 18 heavy (non-hydrogen) atoms. The highest BCUT2D eigenvalue weighted by Gasteiger charge is 2.16. The number of nitrogens with zero attached hydrogens (tertiary/aromatic N) is 1. The molecule has 1 heterocycles. The van der Waals surface area contributed by atoms with Crippen LogP contribution in [0.3, 0.4) is 0 Å². The molecule has 0 N–H and O–H groups in total. The van der Waals surface area contributed by atoms with E-state index in [1.54, 1.807) is 13.0 Å². The molecule has 1 aromatic carbocycles. The zero-order valence-electron chi connectivity index (χ0n) is 10.3. The largest absolute Gasteiger partial charge is 0.496 e. The smallest absolute Gasteiger partial charge is 0.340 e. The van der Waals surface area contributed by atoms with Crippen LogP contribution in [-0.2, 0) is 4.74 Å². The Balaban J connectivity index is 2.86. The molecule has 0 saturated carbocycles. The van der Waals surface area contributed by atoms with Gasteiger partial charge < -0.3 is 9.47 Å². The first-order chi connectivity index (χ1) is 8.56. The topological polar surface area (TPSA) is 48.4 Å². The Morgan fingerprint density at radius 1 is 1.28 bits per heavy atom. The van der Waals surface area contributed by atoms with Crippen molar-refractivity contribution in [3.8, 4) is 5.75 Å². The van der Waals surface area contributed by atoms with Crippen LogP contribution in [0.1, 0.15) is 16.1 Å². The fourth-order valence-corrected chi connectivity index (χ4v) is 1.82. The summed E-state index contributed by atoms with van der Waals surface area (Å²) >= 11 is 0. The molecule has 0 saturated heterocycles. The van der Waals surface area contributed by atoms with E-state index < -0.39 is 11.8 Å². The van der Waals surface area contributed by atoms with Crippen LogP contribution in [0.15, 0.2) is 18.2 Å². The number of ether oxygens (including phenoxy) is 2. The third-order valence-electron chi connectivity index (χ3n) is 2.59. The van der Waals surface area contributed by atoms with E-state index in [2.05, 4.69) is 9.72 Å². The fraction of sp³-hybridized carbons (Fsp3) is 0.231. The van der Waals surface area contributed by atoms with Gasteiger partial charge in [0.25, 0.3) is 0 Å². The second kappa shape index (κ2) is 4.60. The van der Waals surface area contributed by atoms with Gasteiger partial charge >= 0.3 is 5.97 Å². The van der Waals surface area contributed by atoms with Crippen molar-refractivity contribution in [3.63, 3.8) is 0 Å². The summed E-state index contributed by atoms with van der Waals surface area (Å²) < 4.78 is 23.3. The molecule has 0 amide bonds. The van der Waals surface area contributed by atoms with Gasteiger partial charge in [0, 0.05) is 17.1 Å². The summed E-state index contributed by atoms with van der Waals surface area (Å²) in [6.45, 7) is 1.77. The number of methoxy groups -OCH3 is 2. The summed E-state index contributed by atoms with van der Waals surface area (Å²) in [7, 11) is 2.73. The SMILES string of the molecule is COC(=O)c1cc(F)cc2c(OC)cc(C)nc12. The Morgan fingerprint density at radius 2 is 2.00 bits per heavy atom. The van der Waals surface area contributed by atoms with Gasteiger partial charge in [-0.2, -0.15) is 0 Å². The number of benzene rings is 1. The third kappa shape index (κ3) is 1.99. The zero-order chi connectivity index (χ0) is 13.3. The van der Waals surface area contributed by atoms with Gasteiger partial charge in [0.05, 0.1) is 25.3 Å².